The van der Waals surface area contributed by atoms with Gasteiger partial charge < -0.3 is 196 Å². The monoisotopic (exact) mass is 1470 g/mol. The smallest absolute Gasteiger partial charge is 0.187 e. The zero-order valence-electron chi connectivity index (χ0n) is 52.9. The highest BCUT2D eigenvalue weighted by atomic mass is 33.1. The predicted octanol–water partition coefficient (Wildman–Crippen LogP) is -13.9. The quantitative estimate of drug-likeness (QED) is 0.0214. The van der Waals surface area contributed by atoms with Crippen LogP contribution in [-0.2, 0) is 66.3 Å². The van der Waals surface area contributed by atoms with Gasteiger partial charge in [-0.15, -0.1) is 0 Å². The van der Waals surface area contributed by atoms with Gasteiger partial charge in [0, 0.05) is 84.9 Å². The van der Waals surface area contributed by atoms with Crippen molar-refractivity contribution < 1.29 is 128 Å². The maximum atomic E-state index is 11.9. The maximum absolute atomic E-state index is 11.9. The Balaban J connectivity index is 0.772. The van der Waals surface area contributed by atoms with Crippen LogP contribution in [0.15, 0.2) is 0 Å². The second-order valence-electron chi connectivity index (χ2n) is 25.1. The van der Waals surface area contributed by atoms with Crippen LogP contribution < -0.4 is 68.8 Å². The van der Waals surface area contributed by atoms with E-state index in [1.165, 1.54) is 23.5 Å². The standard InChI is InChI=1S/C54H106N12O26S4/c55-11-21-33(69)37(73)27(63)49(81-21)87-43-19(61)9-17(59)31(67)47(43)91-53-41(77)45(89-51-29(65)39(75)35(71)23(13-57)83-51)25(85-53)15-93-5-1-79-3-7-95-96-8-4-80-2-6-94-16-26-46(90-52-30(66)40(76)36(72)24(14-58)84-52)42(78)54(86-26)92-48-32(68)18(60)10-20(62)44(48)88-50-28(64)38(74)34(70)22(12-56)82-50/h17-54,67-78H,1-16,55-66H2/t17-,18-,19?,20?,21?,22?,23+,24+,25-,26-,27+,28?,29-,30-,31?,32-,33-,34-,35?,36-,37?,38-,39+,40?,41+,42+,43-,44-,45+,46+,47-,48?,49-,50-,51?,52?,53+,54+/m1/s1. The lowest BCUT2D eigenvalue weighted by molar-refractivity contribution is -0.306. The van der Waals surface area contributed by atoms with Crippen LogP contribution in [0.25, 0.3) is 0 Å². The summed E-state index contributed by atoms with van der Waals surface area (Å²) in [6.07, 6.45) is -39.8. The normalized spacial score (nSPS) is 48.8. The van der Waals surface area contributed by atoms with Gasteiger partial charge in [0.25, 0.3) is 0 Å². The van der Waals surface area contributed by atoms with Gasteiger partial charge in [-0.25, -0.2) is 0 Å². The summed E-state index contributed by atoms with van der Waals surface area (Å²) >= 11 is 2.81. The Bertz CT molecular complexity index is 2130. The molecule has 6 aliphatic heterocycles. The fourth-order valence-electron chi connectivity index (χ4n) is 12.6. The van der Waals surface area contributed by atoms with Crippen LogP contribution >= 0.6 is 45.1 Å². The van der Waals surface area contributed by atoms with Crippen molar-refractivity contribution >= 4 is 45.1 Å². The van der Waals surface area contributed by atoms with Gasteiger partial charge >= 0.3 is 0 Å². The molecule has 0 aromatic carbocycles. The van der Waals surface area contributed by atoms with E-state index in [0.29, 0.717) is 49.4 Å². The molecule has 0 spiro atoms. The highest BCUT2D eigenvalue weighted by Crippen LogP contribution is 2.39. The summed E-state index contributed by atoms with van der Waals surface area (Å²) in [6.45, 7) is 0.744. The summed E-state index contributed by atoms with van der Waals surface area (Å²) in [4.78, 5) is 0. The van der Waals surface area contributed by atoms with Crippen molar-refractivity contribution in [2.75, 3.05) is 87.1 Å². The Morgan fingerprint density at radius 1 is 0.281 bits per heavy atom. The molecular formula is C54H106N12O26S4. The number of hydrogen-bond donors (Lipinski definition) is 24. The largest absolute Gasteiger partial charge is 0.389 e. The van der Waals surface area contributed by atoms with Gasteiger partial charge in [0.1, 0.15) is 122 Å². The minimum Gasteiger partial charge on any atom is -0.389 e. The van der Waals surface area contributed by atoms with Crippen molar-refractivity contribution in [1.82, 2.24) is 0 Å². The molecular weight excluding hydrogens is 1360 g/mol. The van der Waals surface area contributed by atoms with E-state index >= 15 is 0 Å². The van der Waals surface area contributed by atoms with E-state index in [2.05, 4.69) is 0 Å². The van der Waals surface area contributed by atoms with E-state index in [1.54, 1.807) is 21.6 Å². The summed E-state index contributed by atoms with van der Waals surface area (Å²) in [7, 11) is 3.18. The molecule has 562 valence electrons. The average Bonchev–Trinajstić information content (AvgIpc) is 1.17. The molecule has 6 heterocycles. The lowest BCUT2D eigenvalue weighted by Gasteiger charge is -2.47. The first-order chi connectivity index (χ1) is 45.8. The summed E-state index contributed by atoms with van der Waals surface area (Å²) in [5.41, 5.74) is 73.7. The van der Waals surface area contributed by atoms with Crippen LogP contribution in [0.1, 0.15) is 12.8 Å². The molecule has 38 nitrogen and oxygen atoms in total. The number of nitrogens with two attached hydrogens (primary N) is 12. The minimum absolute atomic E-state index is 0.0588. The van der Waals surface area contributed by atoms with Crippen LogP contribution in [0, 0.1) is 0 Å². The molecule has 0 aromatic heterocycles. The number of rotatable bonds is 33. The summed E-state index contributed by atoms with van der Waals surface area (Å²) < 4.78 is 85.0. The van der Waals surface area contributed by atoms with Gasteiger partial charge in [0.05, 0.1) is 75.0 Å². The third-order valence-corrected chi connectivity index (χ3v) is 22.8. The molecule has 0 aromatic rings. The molecule has 12 unspecified atom stereocenters. The molecule has 2 saturated carbocycles. The van der Waals surface area contributed by atoms with Crippen molar-refractivity contribution in [2.45, 2.75) is 245 Å². The van der Waals surface area contributed by atoms with E-state index in [4.69, 9.17) is 135 Å². The Morgan fingerprint density at radius 2 is 0.542 bits per heavy atom. The van der Waals surface area contributed by atoms with Gasteiger partial charge in [-0.05, 0) is 12.8 Å². The number of aliphatic hydroxyl groups is 12. The SMILES string of the molecule is NCC1O[C@H](O[C@@H]2C(N)C[C@@H](N)C(O)[C@H]2O[C@@H]2O[C@H](CSCCOCCSSCCOCCSC[C@H]3O[C@@H](OC4[C@H](O[C@H]5OC(CN)[C@@H](O)[C@H](O)C5N)C(N)C[C@@H](N)[C@H]4O)[C@@H](O)[C@H]3OC3O[C@@H](CN)[C@@H](O)C(O)[C@H]3N)[C@H](OC3O[C@@H](CN)C(O)[C@@H](O)[C@H]3N)[C@@H]2O)[C@@H](N)C(O)[C@@H]1O. The topological polar surface area (TPSA) is 684 Å². The van der Waals surface area contributed by atoms with E-state index < -0.39 is 233 Å². The van der Waals surface area contributed by atoms with Gasteiger partial charge in [0.2, 0.25) is 0 Å². The van der Waals surface area contributed by atoms with Crippen molar-refractivity contribution in [1.29, 1.82) is 0 Å². The Labute approximate surface area is 571 Å². The average molecular weight is 1470 g/mol. The Morgan fingerprint density at radius 3 is 0.833 bits per heavy atom. The fourth-order valence-corrected chi connectivity index (χ4v) is 16.1. The summed E-state index contributed by atoms with van der Waals surface area (Å²) in [5.74, 6) is 2.64. The highest BCUT2D eigenvalue weighted by molar-refractivity contribution is 8.76. The fraction of sp³-hybridized carbons (Fsp3) is 1.00. The van der Waals surface area contributed by atoms with E-state index in [1.807, 2.05) is 0 Å². The first kappa shape index (κ1) is 81.5. The Hall–Kier alpha value is -0.120. The first-order valence-corrected chi connectivity index (χ1v) is 37.0. The first-order valence-electron chi connectivity index (χ1n) is 32.2. The van der Waals surface area contributed by atoms with Gasteiger partial charge in [-0.1, -0.05) is 21.6 Å². The van der Waals surface area contributed by atoms with Crippen LogP contribution in [-0.4, -0.2) is 381 Å². The molecule has 8 fully saturated rings. The third kappa shape index (κ3) is 19.7. The highest BCUT2D eigenvalue weighted by Gasteiger charge is 2.57. The molecule has 0 bridgehead atoms. The van der Waals surface area contributed by atoms with Crippen LogP contribution in [0.5, 0.6) is 0 Å². The second kappa shape index (κ2) is 38.2. The number of thioether (sulfide) groups is 2. The minimum atomic E-state index is -1.59. The molecule has 8 rings (SSSR count). The lowest BCUT2D eigenvalue weighted by atomic mass is 9.84. The van der Waals surface area contributed by atoms with Crippen molar-refractivity contribution in [3.05, 3.63) is 0 Å². The second-order valence-corrected chi connectivity index (χ2v) is 30.1. The molecule has 0 amide bonds. The van der Waals surface area contributed by atoms with Gasteiger partial charge in [-0.3, -0.25) is 0 Å². The van der Waals surface area contributed by atoms with Gasteiger partial charge in [-0.2, -0.15) is 23.5 Å². The zero-order chi connectivity index (χ0) is 70.0. The van der Waals surface area contributed by atoms with Crippen molar-refractivity contribution in [3.8, 4) is 0 Å². The summed E-state index contributed by atoms with van der Waals surface area (Å²) in [5, 5.41) is 131. The van der Waals surface area contributed by atoms with Crippen molar-refractivity contribution in [2.24, 2.45) is 68.8 Å². The van der Waals surface area contributed by atoms with Crippen LogP contribution in [0.2, 0.25) is 0 Å². The third-order valence-electron chi connectivity index (χ3n) is 18.4. The molecule has 0 radical (unpaired) electrons. The Kier molecular flexibility index (Phi) is 32.5. The van der Waals surface area contributed by atoms with E-state index in [9.17, 15) is 61.3 Å². The van der Waals surface area contributed by atoms with Crippen molar-refractivity contribution in [3.63, 3.8) is 0 Å². The molecule has 36 N–H and O–H groups in total. The zero-order valence-corrected chi connectivity index (χ0v) is 56.2. The number of hydrogen-bond acceptors (Lipinski definition) is 42. The van der Waals surface area contributed by atoms with E-state index in [0.717, 1.165) is 0 Å². The van der Waals surface area contributed by atoms with Gasteiger partial charge in [0.15, 0.2) is 37.7 Å². The maximum Gasteiger partial charge on any atom is 0.187 e. The predicted molar refractivity (Wildman–Crippen MR) is 344 cm³/mol. The van der Waals surface area contributed by atoms with E-state index in [-0.39, 0.29) is 50.5 Å². The van der Waals surface area contributed by atoms with Crippen LogP contribution in [0.4, 0.5) is 0 Å². The molecule has 38 atom stereocenters. The lowest BCUT2D eigenvalue weighted by Crippen LogP contribution is -2.68. The molecule has 8 aliphatic rings. The van der Waals surface area contributed by atoms with Crippen LogP contribution in [0.3, 0.4) is 0 Å². The molecule has 6 saturated heterocycles. The molecule has 42 heteroatoms. The molecule has 2 aliphatic carbocycles. The molecule has 96 heavy (non-hydrogen) atoms. The summed E-state index contributed by atoms with van der Waals surface area (Å²) in [6, 6.07) is -8.71. The number of ether oxygens (including phenoxy) is 14. The number of aliphatic hydroxyl groups excluding tert-OH is 12.